The van der Waals surface area contributed by atoms with Crippen LogP contribution in [0.1, 0.15) is 0 Å². The van der Waals surface area contributed by atoms with Gasteiger partial charge in [-0.3, -0.25) is 4.55 Å². The Balaban J connectivity index is -0.000000105. The summed E-state index contributed by atoms with van der Waals surface area (Å²) >= 11 is 0. The Morgan fingerprint density at radius 3 is 1.44 bits per heavy atom. The molecule has 0 fully saturated rings. The molecular formula is CH2KNaO11S2. The molecule has 0 aliphatic rings. The first-order chi connectivity index (χ1) is 5.94. The van der Waals surface area contributed by atoms with E-state index in [2.05, 4.69) is 8.67 Å². The molecule has 0 saturated carbocycles. The molecule has 0 heterocycles. The van der Waals surface area contributed by atoms with Gasteiger partial charge in [-0.1, -0.05) is 8.67 Å². The minimum absolute atomic E-state index is 0. The standard InChI is InChI=1S/CH2O3.K.Na.H2O8S2/c2-1(3)4;;;1-9(2,3)7-8-10(4,5)6/h(H2,2,3,4);;;(H,1,2,3)(H,4,5,6)/q;2*+1;/p-2. The van der Waals surface area contributed by atoms with Crippen molar-refractivity contribution in [3.8, 4) is 0 Å². The van der Waals surface area contributed by atoms with Gasteiger partial charge in [0.05, 0.1) is 0 Å². The summed E-state index contributed by atoms with van der Waals surface area (Å²) in [5.74, 6) is 0. The van der Waals surface area contributed by atoms with Crippen LogP contribution in [0.25, 0.3) is 0 Å². The number of carbonyl (C=O) groups is 1. The van der Waals surface area contributed by atoms with Crippen molar-refractivity contribution >= 4 is 27.0 Å². The minimum Gasteiger partial charge on any atom is -0.724 e. The molecule has 0 amide bonds. The molecule has 0 radical (unpaired) electrons. The van der Waals surface area contributed by atoms with Crippen molar-refractivity contribution in [1.82, 2.24) is 0 Å². The second-order valence-corrected chi connectivity index (χ2v) is 3.18. The van der Waals surface area contributed by atoms with Crippen molar-refractivity contribution in [2.75, 3.05) is 0 Å². The molecule has 0 saturated heterocycles. The van der Waals surface area contributed by atoms with Crippen LogP contribution in [0.3, 0.4) is 0 Å². The van der Waals surface area contributed by atoms with Gasteiger partial charge in [0.25, 0.3) is 0 Å². The molecule has 15 heteroatoms. The van der Waals surface area contributed by atoms with E-state index in [4.69, 9.17) is 19.6 Å². The van der Waals surface area contributed by atoms with Gasteiger partial charge in [-0.15, -0.1) is 0 Å². The van der Waals surface area contributed by atoms with Crippen molar-refractivity contribution in [1.29, 1.82) is 0 Å². The Bertz CT molecular complexity index is 331. The van der Waals surface area contributed by atoms with Crippen molar-refractivity contribution in [3.05, 3.63) is 0 Å². The molecule has 0 bridgehead atoms. The smallest absolute Gasteiger partial charge is 0.724 e. The Morgan fingerprint density at radius 1 is 1.12 bits per heavy atom. The topological polar surface area (TPSA) is 190 Å². The molecule has 2 N–H and O–H groups in total. The van der Waals surface area contributed by atoms with Gasteiger partial charge in [0.1, 0.15) is 0 Å². The Morgan fingerprint density at radius 2 is 1.38 bits per heavy atom. The molecule has 11 nitrogen and oxygen atoms in total. The first kappa shape index (κ1) is 26.3. The third-order valence-electron chi connectivity index (χ3n) is 0.197. The van der Waals surface area contributed by atoms with Gasteiger partial charge in [0, 0.05) is 0 Å². The maximum Gasteiger partial charge on any atom is 1.00 e. The van der Waals surface area contributed by atoms with E-state index in [0.717, 1.165) is 0 Å². The van der Waals surface area contributed by atoms with E-state index in [-0.39, 0.29) is 80.9 Å². The average Bonchev–Trinajstić information content (AvgIpc) is 1.79. The third kappa shape index (κ3) is 44.9. The summed E-state index contributed by atoms with van der Waals surface area (Å²) in [6.45, 7) is 0. The predicted molar refractivity (Wildman–Crippen MR) is 31.4 cm³/mol. The molecule has 0 rings (SSSR count). The molecule has 0 aliphatic heterocycles. The summed E-state index contributed by atoms with van der Waals surface area (Å²) in [6.07, 6.45) is -2.08. The summed E-state index contributed by atoms with van der Waals surface area (Å²) in [6, 6.07) is 0. The molecule has 0 aliphatic carbocycles. The molecule has 0 aromatic rings. The minimum atomic E-state index is -5.27. The van der Waals surface area contributed by atoms with Crippen molar-refractivity contribution in [3.63, 3.8) is 0 Å². The molecule has 0 spiro atoms. The summed E-state index contributed by atoms with van der Waals surface area (Å²) in [7, 11) is -10.3. The van der Waals surface area contributed by atoms with E-state index in [1.807, 2.05) is 0 Å². The quantitative estimate of drug-likeness (QED) is 0.165. The Hall–Kier alpha value is 1.65. The van der Waals surface area contributed by atoms with Crippen LogP contribution in [-0.4, -0.2) is 37.2 Å². The predicted octanol–water partition coefficient (Wildman–Crippen LogP) is -8.91. The second kappa shape index (κ2) is 11.7. The van der Waals surface area contributed by atoms with E-state index in [1.165, 1.54) is 0 Å². The SMILES string of the molecule is O=C([O-])O.O=S(=O)([O-])OOS(=O)(=O)O.[K+].[Na+]. The van der Waals surface area contributed by atoms with Crippen LogP contribution >= 0.6 is 0 Å². The maximum absolute atomic E-state index is 9.48. The van der Waals surface area contributed by atoms with Gasteiger partial charge in [0.15, 0.2) is 0 Å². The van der Waals surface area contributed by atoms with E-state index in [0.29, 0.717) is 0 Å². The van der Waals surface area contributed by atoms with Gasteiger partial charge in [-0.05, 0) is 0 Å². The first-order valence-electron chi connectivity index (χ1n) is 2.15. The average molecular weight is 316 g/mol. The molecule has 16 heavy (non-hydrogen) atoms. The van der Waals surface area contributed by atoms with E-state index in [1.54, 1.807) is 0 Å². The summed E-state index contributed by atoms with van der Waals surface area (Å²) in [4.78, 5) is 8.44. The number of rotatable bonds is 3. The van der Waals surface area contributed by atoms with Gasteiger partial charge in [-0.25, -0.2) is 8.42 Å². The Kier molecular flexibility index (Phi) is 19.2. The van der Waals surface area contributed by atoms with Crippen LogP contribution in [0.15, 0.2) is 0 Å². The van der Waals surface area contributed by atoms with Crippen LogP contribution in [0.4, 0.5) is 4.79 Å². The number of hydrogen-bond acceptors (Lipinski definition) is 9. The number of hydrogen-bond donors (Lipinski definition) is 2. The zero-order valence-electron chi connectivity index (χ0n) is 7.89. The third-order valence-corrected chi connectivity index (χ3v) is 0.758. The fraction of sp³-hybridized carbons (Fsp3) is 0. The molecule has 0 unspecified atom stereocenters. The molecule has 0 aromatic heterocycles. The second-order valence-electron chi connectivity index (χ2n) is 1.24. The van der Waals surface area contributed by atoms with Gasteiger partial charge in [0.2, 0.25) is 16.6 Å². The van der Waals surface area contributed by atoms with E-state index < -0.39 is 27.0 Å². The van der Waals surface area contributed by atoms with Crippen LogP contribution in [0, 0.1) is 0 Å². The molecule has 86 valence electrons. The fourth-order valence-corrected chi connectivity index (χ4v) is 0.622. The molecular weight excluding hydrogens is 314 g/mol. The van der Waals surface area contributed by atoms with Crippen LogP contribution in [-0.2, 0) is 29.5 Å². The summed E-state index contributed by atoms with van der Waals surface area (Å²) in [5.41, 5.74) is 0. The van der Waals surface area contributed by atoms with Crippen molar-refractivity contribution in [2.45, 2.75) is 0 Å². The summed E-state index contributed by atoms with van der Waals surface area (Å²) in [5, 5.41) is 15.3. The monoisotopic (exact) mass is 316 g/mol. The van der Waals surface area contributed by atoms with E-state index >= 15 is 0 Å². The molecule has 0 atom stereocenters. The van der Waals surface area contributed by atoms with Gasteiger partial charge >= 0.3 is 91.3 Å². The first-order valence-corrected chi connectivity index (χ1v) is 4.85. The number of carboxylic acid groups (broad SMARTS) is 2. The van der Waals surface area contributed by atoms with E-state index in [9.17, 15) is 21.4 Å². The normalized spacial score (nSPS) is 9.88. The van der Waals surface area contributed by atoms with Crippen LogP contribution in [0.2, 0.25) is 0 Å². The maximum atomic E-state index is 9.48. The van der Waals surface area contributed by atoms with Crippen LogP contribution < -0.4 is 86.0 Å². The fourth-order valence-electron chi connectivity index (χ4n) is 0.0691. The Labute approximate surface area is 155 Å². The van der Waals surface area contributed by atoms with Gasteiger partial charge in [-0.2, -0.15) is 8.42 Å². The van der Waals surface area contributed by atoms with Crippen molar-refractivity contribution < 1.29 is 131 Å². The van der Waals surface area contributed by atoms with Crippen LogP contribution in [0.5, 0.6) is 0 Å². The van der Waals surface area contributed by atoms with Crippen molar-refractivity contribution in [2.24, 2.45) is 0 Å². The summed E-state index contributed by atoms with van der Waals surface area (Å²) < 4.78 is 60.2. The van der Waals surface area contributed by atoms with Gasteiger partial charge < -0.3 is 19.6 Å². The zero-order chi connectivity index (χ0) is 12.0. The zero-order valence-corrected chi connectivity index (χ0v) is 14.6. The molecule has 0 aromatic carbocycles. The largest absolute Gasteiger partial charge is 1.00 e.